The molecule has 0 bridgehead atoms. The van der Waals surface area contributed by atoms with Crippen molar-refractivity contribution in [1.82, 2.24) is 5.32 Å². The first-order valence-electron chi connectivity index (χ1n) is 2.62. The molecule has 1 aliphatic rings. The number of Topliss-reactive ketones (excluding diaryl/α,β-unsaturated/α-hetero) is 1. The third-order valence-electron chi connectivity index (χ3n) is 0.903. The minimum atomic E-state index is 0. The van der Waals surface area contributed by atoms with E-state index in [-0.39, 0.29) is 1.43 Å². The molecule has 1 N–H and O–H groups in total. The van der Waals surface area contributed by atoms with Crippen molar-refractivity contribution in [1.29, 1.82) is 0 Å². The minimum Gasteiger partial charge on any atom is -0.310 e. The predicted octanol–water partition coefficient (Wildman–Crippen LogP) is 0.597. The van der Waals surface area contributed by atoms with E-state index in [9.17, 15) is 4.79 Å². The van der Waals surface area contributed by atoms with Crippen LogP contribution in [0.2, 0.25) is 0 Å². The molecule has 2 nitrogen and oxygen atoms in total. The van der Waals surface area contributed by atoms with Crippen LogP contribution in [-0.2, 0) is 4.79 Å². The van der Waals surface area contributed by atoms with E-state index in [2.05, 4.69) is 18.5 Å². The van der Waals surface area contributed by atoms with E-state index in [1.165, 1.54) is 0 Å². The van der Waals surface area contributed by atoms with Crippen LogP contribution in [0.1, 0.15) is 7.85 Å². The lowest BCUT2D eigenvalue weighted by Crippen LogP contribution is -2.07. The molecule has 0 aromatic heterocycles. The summed E-state index contributed by atoms with van der Waals surface area (Å²) in [5.74, 6) is 0.343. The Kier molecular flexibility index (Phi) is 4.17. The number of nitrogens with one attached hydrogen (secondary N) is 1. The molecule has 1 fully saturated rings. The van der Waals surface area contributed by atoms with Crippen molar-refractivity contribution < 1.29 is 6.22 Å². The molecule has 48 valence electrons. The van der Waals surface area contributed by atoms with Gasteiger partial charge in [-0.25, -0.2) is 0 Å². The monoisotopic (exact) mass is 115 g/mol. The summed E-state index contributed by atoms with van der Waals surface area (Å²) < 4.78 is 0. The van der Waals surface area contributed by atoms with Gasteiger partial charge in [0.2, 0.25) is 0 Å². The Balaban J connectivity index is 0. The lowest BCUT2D eigenvalue weighted by Gasteiger charge is -1.75. The van der Waals surface area contributed by atoms with Crippen molar-refractivity contribution in [3.8, 4) is 0 Å². The van der Waals surface area contributed by atoms with E-state index in [0.717, 1.165) is 13.0 Å². The normalized spacial score (nSPS) is 17.2. The van der Waals surface area contributed by atoms with Gasteiger partial charge in [-0.3, -0.25) is 4.79 Å². The summed E-state index contributed by atoms with van der Waals surface area (Å²) >= 11 is 0. The lowest BCUT2D eigenvalue weighted by molar-refractivity contribution is -0.116. The Morgan fingerprint density at radius 2 is 2.25 bits per heavy atom. The summed E-state index contributed by atoms with van der Waals surface area (Å²) in [6.45, 7) is 7.48. The van der Waals surface area contributed by atoms with Gasteiger partial charge in [0.1, 0.15) is 5.78 Å². The molecule has 0 saturated carbocycles. The predicted molar refractivity (Wildman–Crippen MR) is 35.9 cm³/mol. The second-order valence-corrected chi connectivity index (χ2v) is 1.47. The molecule has 0 aromatic rings. The van der Waals surface area contributed by atoms with Crippen molar-refractivity contribution in [2.24, 2.45) is 0 Å². The molecule has 1 heterocycles. The molecule has 0 aliphatic carbocycles. The van der Waals surface area contributed by atoms with Gasteiger partial charge in [0.15, 0.2) is 0 Å². The van der Waals surface area contributed by atoms with E-state index >= 15 is 0 Å². The summed E-state index contributed by atoms with van der Waals surface area (Å²) in [5, 5.41) is 2.92. The Morgan fingerprint density at radius 1 is 1.62 bits per heavy atom. The van der Waals surface area contributed by atoms with Crippen LogP contribution < -0.4 is 5.32 Å². The summed E-state index contributed by atoms with van der Waals surface area (Å²) in [5.41, 5.74) is 0. The van der Waals surface area contributed by atoms with Crippen molar-refractivity contribution in [3.63, 3.8) is 0 Å². The lowest BCUT2D eigenvalue weighted by atomic mass is 10.4. The summed E-state index contributed by atoms with van der Waals surface area (Å²) in [6.07, 6.45) is 0.736. The Labute approximate surface area is 51.1 Å². The average molecular weight is 115 g/mol. The number of hydrogen-bond donors (Lipinski definition) is 1. The minimum absolute atomic E-state index is 0. The zero-order chi connectivity index (χ0) is 6.41. The smallest absolute Gasteiger partial charge is 0.147 e. The first-order chi connectivity index (χ1) is 3.89. The highest BCUT2D eigenvalue weighted by Gasteiger charge is 2.06. The van der Waals surface area contributed by atoms with E-state index in [1.807, 2.05) is 0 Å². The molecular weight excluding hydrogens is 102 g/mol. The number of carbonyl (C=O) groups is 1. The maximum atomic E-state index is 10.2. The fourth-order valence-corrected chi connectivity index (χ4v) is 0.544. The van der Waals surface area contributed by atoms with Gasteiger partial charge in [0.25, 0.3) is 0 Å². The SMILES string of the molecule is C=C.O=C1CCNC1.[HH]. The van der Waals surface area contributed by atoms with Crippen LogP contribution >= 0.6 is 0 Å². The summed E-state index contributed by atoms with van der Waals surface area (Å²) in [6, 6.07) is 0. The van der Waals surface area contributed by atoms with Crippen LogP contribution in [0.5, 0.6) is 0 Å². The molecule has 0 unspecified atom stereocenters. The highest BCUT2D eigenvalue weighted by Crippen LogP contribution is 1.85. The molecule has 1 rings (SSSR count). The topological polar surface area (TPSA) is 29.1 Å². The van der Waals surface area contributed by atoms with Gasteiger partial charge >= 0.3 is 0 Å². The Bertz CT molecular complexity index is 77.1. The molecule has 0 aromatic carbocycles. The standard InChI is InChI=1S/C4H7NO.C2H4.H2/c6-4-1-2-5-3-4;1-2;/h5H,1-3H2;1-2H2;1H. The maximum absolute atomic E-state index is 10.2. The van der Waals surface area contributed by atoms with Crippen molar-refractivity contribution in [2.75, 3.05) is 13.1 Å². The zero-order valence-electron chi connectivity index (χ0n) is 4.94. The zero-order valence-corrected chi connectivity index (χ0v) is 4.94. The fourth-order valence-electron chi connectivity index (χ4n) is 0.544. The second kappa shape index (κ2) is 4.53. The first-order valence-corrected chi connectivity index (χ1v) is 2.62. The van der Waals surface area contributed by atoms with E-state index in [1.54, 1.807) is 0 Å². The van der Waals surface area contributed by atoms with Crippen LogP contribution in [0.15, 0.2) is 13.2 Å². The molecule has 0 amide bonds. The van der Waals surface area contributed by atoms with Crippen molar-refractivity contribution in [3.05, 3.63) is 13.2 Å². The number of rotatable bonds is 0. The van der Waals surface area contributed by atoms with Gasteiger partial charge in [-0.1, -0.05) is 0 Å². The third kappa shape index (κ3) is 2.53. The molecule has 0 radical (unpaired) electrons. The van der Waals surface area contributed by atoms with Gasteiger partial charge < -0.3 is 5.32 Å². The third-order valence-corrected chi connectivity index (χ3v) is 0.903. The van der Waals surface area contributed by atoms with Gasteiger partial charge in [-0.15, -0.1) is 13.2 Å². The van der Waals surface area contributed by atoms with Crippen LogP contribution in [0.3, 0.4) is 0 Å². The molecule has 1 aliphatic heterocycles. The van der Waals surface area contributed by atoms with Crippen LogP contribution in [0.4, 0.5) is 0 Å². The molecule has 0 spiro atoms. The van der Waals surface area contributed by atoms with Crippen LogP contribution in [0, 0.1) is 0 Å². The molecule has 0 atom stereocenters. The Morgan fingerprint density at radius 3 is 2.38 bits per heavy atom. The Hall–Kier alpha value is -0.630. The molecule has 8 heavy (non-hydrogen) atoms. The van der Waals surface area contributed by atoms with Crippen LogP contribution in [-0.4, -0.2) is 18.9 Å². The van der Waals surface area contributed by atoms with Gasteiger partial charge in [-0.2, -0.15) is 0 Å². The van der Waals surface area contributed by atoms with Crippen LogP contribution in [0.25, 0.3) is 0 Å². The quantitative estimate of drug-likeness (QED) is 0.468. The number of carbonyl (C=O) groups excluding carboxylic acids is 1. The highest BCUT2D eigenvalue weighted by atomic mass is 16.1. The molecule has 1 saturated heterocycles. The second-order valence-electron chi connectivity index (χ2n) is 1.47. The van der Waals surface area contributed by atoms with E-state index in [4.69, 9.17) is 0 Å². The van der Waals surface area contributed by atoms with Gasteiger partial charge in [0, 0.05) is 14.4 Å². The average Bonchev–Trinajstić information content (AvgIpc) is 2.24. The van der Waals surface area contributed by atoms with Gasteiger partial charge in [0.05, 0.1) is 6.54 Å². The van der Waals surface area contributed by atoms with Crippen molar-refractivity contribution >= 4 is 5.78 Å². The fraction of sp³-hybridized carbons (Fsp3) is 0.500. The maximum Gasteiger partial charge on any atom is 0.147 e. The van der Waals surface area contributed by atoms with Gasteiger partial charge in [-0.05, 0) is 0 Å². The molecular formula is C6H13NO. The first kappa shape index (κ1) is 7.37. The summed E-state index contributed by atoms with van der Waals surface area (Å²) in [7, 11) is 0. The highest BCUT2D eigenvalue weighted by molar-refractivity contribution is 5.82. The van der Waals surface area contributed by atoms with Crippen molar-refractivity contribution in [2.45, 2.75) is 6.42 Å². The molecule has 2 heteroatoms. The van der Waals surface area contributed by atoms with E-state index < -0.39 is 0 Å². The number of ketones is 1. The number of hydrogen-bond acceptors (Lipinski definition) is 2. The largest absolute Gasteiger partial charge is 0.310 e. The summed E-state index contributed by atoms with van der Waals surface area (Å²) in [4.78, 5) is 10.2. The van der Waals surface area contributed by atoms with E-state index in [0.29, 0.717) is 12.3 Å².